The predicted molar refractivity (Wildman–Crippen MR) is 124 cm³/mol. The van der Waals surface area contributed by atoms with E-state index in [1.54, 1.807) is 0 Å². The quantitative estimate of drug-likeness (QED) is 0.435. The summed E-state index contributed by atoms with van der Waals surface area (Å²) >= 11 is 0. The SMILES string of the molecule is CC(C)c1ccc(N=C2CCC=C2P(c2ccccc2)c2ccccc2)cc1. The summed E-state index contributed by atoms with van der Waals surface area (Å²) in [6.45, 7) is 4.46. The number of rotatable bonds is 5. The van der Waals surface area contributed by atoms with Gasteiger partial charge in [0.15, 0.2) is 0 Å². The van der Waals surface area contributed by atoms with Gasteiger partial charge in [0.25, 0.3) is 0 Å². The smallest absolute Gasteiger partial charge is 0.0633 e. The van der Waals surface area contributed by atoms with Gasteiger partial charge < -0.3 is 0 Å². The molecule has 1 nitrogen and oxygen atoms in total. The van der Waals surface area contributed by atoms with E-state index >= 15 is 0 Å². The van der Waals surface area contributed by atoms with Gasteiger partial charge in [-0.3, -0.25) is 4.99 Å². The van der Waals surface area contributed by atoms with Crippen LogP contribution in [0.4, 0.5) is 5.69 Å². The van der Waals surface area contributed by atoms with Crippen molar-refractivity contribution in [3.63, 3.8) is 0 Å². The van der Waals surface area contributed by atoms with Gasteiger partial charge in [-0.1, -0.05) is 92.7 Å². The first-order chi connectivity index (χ1) is 13.7. The van der Waals surface area contributed by atoms with Crippen LogP contribution in [0.25, 0.3) is 0 Å². The van der Waals surface area contributed by atoms with E-state index in [1.165, 1.54) is 27.2 Å². The van der Waals surface area contributed by atoms with Crippen LogP contribution in [0.1, 0.15) is 38.2 Å². The Labute approximate surface area is 169 Å². The second-order valence-electron chi connectivity index (χ2n) is 7.44. The minimum absolute atomic E-state index is 0.549. The first kappa shape index (κ1) is 18.8. The van der Waals surface area contributed by atoms with Gasteiger partial charge in [-0.25, -0.2) is 0 Å². The molecular formula is C26H26NP. The Bertz CT molecular complexity index is 930. The molecule has 1 aliphatic rings. The molecule has 0 radical (unpaired) electrons. The fraction of sp³-hybridized carbons (Fsp3) is 0.192. The molecule has 0 N–H and O–H groups in total. The van der Waals surface area contributed by atoms with Crippen LogP contribution in [0.3, 0.4) is 0 Å². The van der Waals surface area contributed by atoms with Crippen molar-refractivity contribution in [1.82, 2.24) is 0 Å². The van der Waals surface area contributed by atoms with Crippen molar-refractivity contribution in [2.45, 2.75) is 32.6 Å². The molecule has 0 saturated carbocycles. The number of hydrogen-bond acceptors (Lipinski definition) is 1. The first-order valence-electron chi connectivity index (χ1n) is 10.0. The van der Waals surface area contributed by atoms with Gasteiger partial charge in [0.2, 0.25) is 0 Å². The molecule has 0 atom stereocenters. The molecule has 0 amide bonds. The second-order valence-corrected chi connectivity index (χ2v) is 9.62. The van der Waals surface area contributed by atoms with Crippen molar-refractivity contribution in [3.05, 3.63) is 102 Å². The van der Waals surface area contributed by atoms with E-state index < -0.39 is 7.92 Å². The third kappa shape index (κ3) is 4.16. The molecule has 0 bridgehead atoms. The number of allylic oxidation sites excluding steroid dienone is 2. The number of nitrogens with zero attached hydrogens (tertiary/aromatic N) is 1. The molecule has 3 aromatic carbocycles. The predicted octanol–water partition coefficient (Wildman–Crippen LogP) is 6.69. The Hall–Kier alpha value is -2.50. The van der Waals surface area contributed by atoms with E-state index in [1.807, 2.05) is 0 Å². The van der Waals surface area contributed by atoms with Crippen molar-refractivity contribution >= 4 is 29.9 Å². The van der Waals surface area contributed by atoms with Crippen LogP contribution in [0, 0.1) is 0 Å². The lowest BCUT2D eigenvalue weighted by atomic mass is 10.0. The van der Waals surface area contributed by atoms with E-state index in [4.69, 9.17) is 4.99 Å². The highest BCUT2D eigenvalue weighted by Gasteiger charge is 2.25. The van der Waals surface area contributed by atoms with Crippen LogP contribution in [0.2, 0.25) is 0 Å². The summed E-state index contributed by atoms with van der Waals surface area (Å²) in [4.78, 5) is 5.08. The third-order valence-electron chi connectivity index (χ3n) is 5.11. The van der Waals surface area contributed by atoms with Crippen LogP contribution >= 0.6 is 7.92 Å². The molecule has 0 aromatic heterocycles. The van der Waals surface area contributed by atoms with Gasteiger partial charge in [-0.15, -0.1) is 0 Å². The summed E-state index contributed by atoms with van der Waals surface area (Å²) in [6.07, 6.45) is 4.52. The summed E-state index contributed by atoms with van der Waals surface area (Å²) in [6, 6.07) is 30.5. The fourth-order valence-corrected chi connectivity index (χ4v) is 6.12. The molecule has 0 aliphatic heterocycles. The van der Waals surface area contributed by atoms with Crippen molar-refractivity contribution in [1.29, 1.82) is 0 Å². The standard InChI is InChI=1S/C26H26NP/c1-20(2)21-16-18-22(19-17-21)27-25-14-9-15-26(25)28(23-10-5-3-6-11-23)24-12-7-4-8-13-24/h3-8,10-13,15-20H,9,14H2,1-2H3. The molecule has 2 heteroatoms. The monoisotopic (exact) mass is 383 g/mol. The Morgan fingerprint density at radius 2 is 1.32 bits per heavy atom. The molecule has 0 saturated heterocycles. The molecule has 0 spiro atoms. The topological polar surface area (TPSA) is 12.4 Å². The largest absolute Gasteiger partial charge is 0.253 e. The molecule has 0 fully saturated rings. The minimum atomic E-state index is -0.574. The average molecular weight is 383 g/mol. The molecular weight excluding hydrogens is 357 g/mol. The van der Waals surface area contributed by atoms with E-state index in [2.05, 4.69) is 105 Å². The van der Waals surface area contributed by atoms with E-state index in [9.17, 15) is 0 Å². The van der Waals surface area contributed by atoms with Gasteiger partial charge in [-0.2, -0.15) is 0 Å². The van der Waals surface area contributed by atoms with Crippen LogP contribution in [0.5, 0.6) is 0 Å². The van der Waals surface area contributed by atoms with Crippen LogP contribution in [-0.2, 0) is 0 Å². The summed E-state index contributed by atoms with van der Waals surface area (Å²) < 4.78 is 0. The fourth-order valence-electron chi connectivity index (χ4n) is 3.60. The van der Waals surface area contributed by atoms with Crippen LogP contribution in [0.15, 0.2) is 101 Å². The molecule has 1 aliphatic carbocycles. The first-order valence-corrected chi connectivity index (χ1v) is 11.3. The summed E-state index contributed by atoms with van der Waals surface area (Å²) in [5.74, 6) is 0.549. The molecule has 28 heavy (non-hydrogen) atoms. The highest BCUT2D eigenvalue weighted by molar-refractivity contribution is 7.78. The molecule has 3 aromatic rings. The Morgan fingerprint density at radius 1 is 0.750 bits per heavy atom. The van der Waals surface area contributed by atoms with Gasteiger partial charge in [0.1, 0.15) is 0 Å². The highest BCUT2D eigenvalue weighted by atomic mass is 31.1. The third-order valence-corrected chi connectivity index (χ3v) is 7.66. The lowest BCUT2D eigenvalue weighted by molar-refractivity contribution is 0.867. The van der Waals surface area contributed by atoms with Crippen molar-refractivity contribution in [3.8, 4) is 0 Å². The van der Waals surface area contributed by atoms with E-state index in [-0.39, 0.29) is 0 Å². The number of aliphatic imine (C=N–C) groups is 1. The summed E-state index contributed by atoms with van der Waals surface area (Å²) in [5, 5.41) is 4.19. The minimum Gasteiger partial charge on any atom is -0.253 e. The Kier molecular flexibility index (Phi) is 5.84. The zero-order valence-corrected chi connectivity index (χ0v) is 17.4. The zero-order valence-electron chi connectivity index (χ0n) is 16.5. The molecule has 4 rings (SSSR count). The summed E-state index contributed by atoms with van der Waals surface area (Å²) in [5.41, 5.74) is 3.67. The van der Waals surface area contributed by atoms with Crippen molar-refractivity contribution in [2.75, 3.05) is 0 Å². The van der Waals surface area contributed by atoms with E-state index in [0.29, 0.717) is 5.92 Å². The molecule has 0 heterocycles. The second kappa shape index (κ2) is 8.67. The zero-order chi connectivity index (χ0) is 19.3. The van der Waals surface area contributed by atoms with Gasteiger partial charge >= 0.3 is 0 Å². The maximum atomic E-state index is 5.08. The van der Waals surface area contributed by atoms with Crippen LogP contribution in [-0.4, -0.2) is 5.71 Å². The van der Waals surface area contributed by atoms with Gasteiger partial charge in [0.05, 0.1) is 5.69 Å². The highest BCUT2D eigenvalue weighted by Crippen LogP contribution is 2.47. The Balaban J connectivity index is 1.72. The molecule has 0 unspecified atom stereocenters. The maximum absolute atomic E-state index is 5.08. The number of hydrogen-bond donors (Lipinski definition) is 0. The lowest BCUT2D eigenvalue weighted by Gasteiger charge is -2.21. The Morgan fingerprint density at radius 3 is 1.86 bits per heavy atom. The van der Waals surface area contributed by atoms with Crippen molar-refractivity contribution < 1.29 is 0 Å². The van der Waals surface area contributed by atoms with Gasteiger partial charge in [-0.05, 0) is 55.0 Å². The average Bonchev–Trinajstić information content (AvgIpc) is 3.18. The van der Waals surface area contributed by atoms with E-state index in [0.717, 1.165) is 18.5 Å². The normalized spacial score (nSPS) is 15.4. The lowest BCUT2D eigenvalue weighted by Crippen LogP contribution is -2.15. The maximum Gasteiger partial charge on any atom is 0.0633 e. The van der Waals surface area contributed by atoms with Gasteiger partial charge in [0, 0.05) is 11.0 Å². The summed E-state index contributed by atoms with van der Waals surface area (Å²) in [7, 11) is -0.574. The number of benzene rings is 3. The van der Waals surface area contributed by atoms with Crippen molar-refractivity contribution in [2.24, 2.45) is 4.99 Å². The van der Waals surface area contributed by atoms with Crippen LogP contribution < -0.4 is 10.6 Å². The molecule has 140 valence electrons.